The molecule has 0 aromatic heterocycles. The molecule has 0 spiro atoms. The molecule has 2 fully saturated rings. The molecule has 1 saturated heterocycles. The molecule has 0 bridgehead atoms. The van der Waals surface area contributed by atoms with Crippen molar-refractivity contribution in [1.29, 1.82) is 0 Å². The number of hydrogen-bond donors (Lipinski definition) is 0. The minimum absolute atomic E-state index is 0.0249. The van der Waals surface area contributed by atoms with Gasteiger partial charge in [-0.3, -0.25) is 14.4 Å². The van der Waals surface area contributed by atoms with Gasteiger partial charge in [0.1, 0.15) is 5.78 Å². The summed E-state index contributed by atoms with van der Waals surface area (Å²) in [6.45, 7) is 3.17. The summed E-state index contributed by atoms with van der Waals surface area (Å²) in [5, 5.41) is 0. The highest BCUT2D eigenvalue weighted by molar-refractivity contribution is 6.28. The van der Waals surface area contributed by atoms with Gasteiger partial charge >= 0.3 is 0 Å². The molecule has 4 heteroatoms. The minimum Gasteiger partial charge on any atom is -0.368 e. The lowest BCUT2D eigenvalue weighted by molar-refractivity contribution is -0.121. The van der Waals surface area contributed by atoms with Crippen LogP contribution in [0.2, 0.25) is 0 Å². The molecule has 3 aliphatic rings. The Labute approximate surface area is 167 Å². The lowest BCUT2D eigenvalue weighted by atomic mass is 9.70. The van der Waals surface area contributed by atoms with Crippen molar-refractivity contribution in [3.05, 3.63) is 46.7 Å². The molecule has 1 atom stereocenters. The standard InChI is InChI=1S/C24H29NO3/c1-16(26)20(17-10-4-2-5-11-17)21-22(25-14-8-3-9-15-25)24(28)19-13-7-6-12-18(19)23(21)27/h6-7,12-13,17,20H,2-5,8-11,14-15H2,1H3. The Hall–Kier alpha value is -2.23. The van der Waals surface area contributed by atoms with Crippen molar-refractivity contribution in [3.8, 4) is 0 Å². The third-order valence-electron chi connectivity index (χ3n) is 6.67. The zero-order chi connectivity index (χ0) is 19.7. The number of hydrogen-bond acceptors (Lipinski definition) is 4. The van der Waals surface area contributed by atoms with Crippen LogP contribution in [0, 0.1) is 11.8 Å². The van der Waals surface area contributed by atoms with Crippen LogP contribution >= 0.6 is 0 Å². The van der Waals surface area contributed by atoms with Crippen molar-refractivity contribution in [3.63, 3.8) is 0 Å². The first-order valence-corrected chi connectivity index (χ1v) is 10.8. The summed E-state index contributed by atoms with van der Waals surface area (Å²) in [7, 11) is 0. The van der Waals surface area contributed by atoms with E-state index in [1.165, 1.54) is 6.42 Å². The number of likely N-dealkylation sites (tertiary alicyclic amines) is 1. The average molecular weight is 380 g/mol. The van der Waals surface area contributed by atoms with E-state index in [1.54, 1.807) is 25.1 Å². The molecule has 4 nitrogen and oxygen atoms in total. The first kappa shape index (κ1) is 19.1. The molecule has 1 heterocycles. The molecular formula is C24H29NO3. The van der Waals surface area contributed by atoms with Gasteiger partial charge in [0.05, 0.1) is 11.6 Å². The van der Waals surface area contributed by atoms with Crippen molar-refractivity contribution in [2.75, 3.05) is 13.1 Å². The molecule has 1 unspecified atom stereocenters. The van der Waals surface area contributed by atoms with E-state index < -0.39 is 5.92 Å². The van der Waals surface area contributed by atoms with E-state index in [2.05, 4.69) is 4.90 Å². The summed E-state index contributed by atoms with van der Waals surface area (Å²) < 4.78 is 0. The highest BCUT2D eigenvalue weighted by Gasteiger charge is 2.42. The van der Waals surface area contributed by atoms with E-state index in [0.29, 0.717) is 22.4 Å². The van der Waals surface area contributed by atoms with Crippen LogP contribution in [0.3, 0.4) is 0 Å². The third-order valence-corrected chi connectivity index (χ3v) is 6.67. The fourth-order valence-corrected chi connectivity index (χ4v) is 5.34. The Balaban J connectivity index is 1.87. The van der Waals surface area contributed by atoms with Crippen LogP contribution in [-0.2, 0) is 4.79 Å². The quantitative estimate of drug-likeness (QED) is 0.768. The molecule has 0 N–H and O–H groups in total. The van der Waals surface area contributed by atoms with Gasteiger partial charge in [-0.15, -0.1) is 0 Å². The highest BCUT2D eigenvalue weighted by Crippen LogP contribution is 2.41. The van der Waals surface area contributed by atoms with Crippen molar-refractivity contribution in [2.24, 2.45) is 11.8 Å². The number of nitrogens with zero attached hydrogens (tertiary/aromatic N) is 1. The molecule has 1 aromatic rings. The Morgan fingerprint density at radius 2 is 1.46 bits per heavy atom. The van der Waals surface area contributed by atoms with Crippen LogP contribution in [0.4, 0.5) is 0 Å². The maximum absolute atomic E-state index is 13.6. The van der Waals surface area contributed by atoms with E-state index in [1.807, 2.05) is 6.07 Å². The second-order valence-electron chi connectivity index (χ2n) is 8.50. The summed E-state index contributed by atoms with van der Waals surface area (Å²) in [6, 6.07) is 7.10. The van der Waals surface area contributed by atoms with Gasteiger partial charge < -0.3 is 4.90 Å². The van der Waals surface area contributed by atoms with E-state index >= 15 is 0 Å². The molecule has 28 heavy (non-hydrogen) atoms. The lowest BCUT2D eigenvalue weighted by Crippen LogP contribution is -2.41. The summed E-state index contributed by atoms with van der Waals surface area (Å²) in [4.78, 5) is 42.0. The molecular weight excluding hydrogens is 350 g/mol. The first-order chi connectivity index (χ1) is 13.6. The minimum atomic E-state index is -0.456. The van der Waals surface area contributed by atoms with Crippen LogP contribution in [0.1, 0.15) is 79.0 Å². The van der Waals surface area contributed by atoms with Gasteiger partial charge in [0, 0.05) is 29.8 Å². The number of benzene rings is 1. The second kappa shape index (κ2) is 8.02. The molecule has 1 aromatic carbocycles. The predicted molar refractivity (Wildman–Crippen MR) is 108 cm³/mol. The number of Topliss-reactive ketones (excluding diaryl/α,β-unsaturated/α-hetero) is 3. The number of piperidine rings is 1. The van der Waals surface area contributed by atoms with Crippen molar-refractivity contribution in [2.45, 2.75) is 58.3 Å². The van der Waals surface area contributed by atoms with Crippen LogP contribution in [-0.4, -0.2) is 35.3 Å². The van der Waals surface area contributed by atoms with Gasteiger partial charge in [-0.05, 0) is 44.9 Å². The predicted octanol–water partition coefficient (Wildman–Crippen LogP) is 4.59. The Bertz CT molecular complexity index is 826. The SMILES string of the molecule is CC(=O)C(C1=C(N2CCCCC2)C(=O)c2ccccc2C1=O)C1CCCCC1. The summed E-state index contributed by atoms with van der Waals surface area (Å²) >= 11 is 0. The first-order valence-electron chi connectivity index (χ1n) is 10.8. The molecule has 0 radical (unpaired) electrons. The lowest BCUT2D eigenvalue weighted by Gasteiger charge is -2.38. The monoisotopic (exact) mass is 379 g/mol. The number of carbonyl (C=O) groups excluding carboxylic acids is 3. The molecule has 4 rings (SSSR count). The van der Waals surface area contributed by atoms with E-state index in [-0.39, 0.29) is 23.3 Å². The van der Waals surface area contributed by atoms with Gasteiger partial charge in [0.25, 0.3) is 0 Å². The zero-order valence-electron chi connectivity index (χ0n) is 16.7. The van der Waals surface area contributed by atoms with Crippen LogP contribution in [0.5, 0.6) is 0 Å². The highest BCUT2D eigenvalue weighted by atomic mass is 16.1. The number of rotatable bonds is 4. The van der Waals surface area contributed by atoms with E-state index in [4.69, 9.17) is 0 Å². The second-order valence-corrected chi connectivity index (χ2v) is 8.50. The fraction of sp³-hybridized carbons (Fsp3) is 0.542. The zero-order valence-corrected chi connectivity index (χ0v) is 16.7. The van der Waals surface area contributed by atoms with Crippen LogP contribution < -0.4 is 0 Å². The average Bonchev–Trinajstić information content (AvgIpc) is 2.73. The Kier molecular flexibility index (Phi) is 5.47. The largest absolute Gasteiger partial charge is 0.368 e. The van der Waals surface area contributed by atoms with Crippen LogP contribution in [0.25, 0.3) is 0 Å². The third kappa shape index (κ3) is 3.34. The summed E-state index contributed by atoms with van der Waals surface area (Å²) in [5.41, 5.74) is 1.97. The van der Waals surface area contributed by atoms with Crippen molar-refractivity contribution in [1.82, 2.24) is 4.90 Å². The van der Waals surface area contributed by atoms with Gasteiger partial charge in [-0.1, -0.05) is 43.5 Å². The topological polar surface area (TPSA) is 54.5 Å². The maximum atomic E-state index is 13.6. The number of fused-ring (bicyclic) bond motifs is 1. The van der Waals surface area contributed by atoms with Crippen LogP contribution in [0.15, 0.2) is 35.5 Å². The van der Waals surface area contributed by atoms with Gasteiger partial charge in [-0.2, -0.15) is 0 Å². The van der Waals surface area contributed by atoms with Gasteiger partial charge in [0.15, 0.2) is 5.78 Å². The van der Waals surface area contributed by atoms with Gasteiger partial charge in [0.2, 0.25) is 5.78 Å². The fourth-order valence-electron chi connectivity index (χ4n) is 5.34. The Morgan fingerprint density at radius 3 is 2.07 bits per heavy atom. The smallest absolute Gasteiger partial charge is 0.210 e. The summed E-state index contributed by atoms with van der Waals surface area (Å²) in [5.74, 6) is -0.447. The molecule has 1 aliphatic heterocycles. The molecule has 1 saturated carbocycles. The number of ketones is 3. The van der Waals surface area contributed by atoms with Gasteiger partial charge in [-0.25, -0.2) is 0 Å². The van der Waals surface area contributed by atoms with E-state index in [9.17, 15) is 14.4 Å². The maximum Gasteiger partial charge on any atom is 0.210 e. The van der Waals surface area contributed by atoms with Crippen molar-refractivity contribution < 1.29 is 14.4 Å². The number of allylic oxidation sites excluding steroid dienone is 2. The van der Waals surface area contributed by atoms with Crippen molar-refractivity contribution >= 4 is 17.3 Å². The molecule has 2 aliphatic carbocycles. The molecule has 148 valence electrons. The Morgan fingerprint density at radius 1 is 0.893 bits per heavy atom. The van der Waals surface area contributed by atoms with E-state index in [0.717, 1.165) is 58.0 Å². The molecule has 0 amide bonds. The number of carbonyl (C=O) groups is 3. The normalized spacial score (nSPS) is 22.2. The summed E-state index contributed by atoms with van der Waals surface area (Å²) in [6.07, 6.45) is 8.50.